The van der Waals surface area contributed by atoms with Crippen LogP contribution in [0.5, 0.6) is 0 Å². The normalized spacial score (nSPS) is 12.0. The average Bonchev–Trinajstić information content (AvgIpc) is 2.37. The summed E-state index contributed by atoms with van der Waals surface area (Å²) in [5.74, 6) is 0. The lowest BCUT2D eigenvalue weighted by atomic mass is 10.1. The molecule has 5 heteroatoms. The molecule has 0 amide bonds. The van der Waals surface area contributed by atoms with Crippen LogP contribution in [0.1, 0.15) is 29.7 Å². The van der Waals surface area contributed by atoms with Crippen molar-refractivity contribution < 1.29 is 10.0 Å². The van der Waals surface area contributed by atoms with Crippen molar-refractivity contribution in [3.63, 3.8) is 0 Å². The zero-order chi connectivity index (χ0) is 15.6. The highest BCUT2D eigenvalue weighted by Gasteiger charge is 2.18. The molecule has 5 nitrogen and oxygen atoms in total. The molecule has 0 aromatic heterocycles. The Kier molecular flexibility index (Phi) is 4.23. The molecule has 2 aromatic carbocycles. The van der Waals surface area contributed by atoms with Crippen molar-refractivity contribution in [2.75, 3.05) is 5.32 Å². The molecule has 2 N–H and O–H groups in total. The SMILES string of the molecule is Cc1cc(C)c([N+](=O)[O-])c(Nc2ccc(C(C)O)cc2)c1. The molecule has 0 heterocycles. The van der Waals surface area contributed by atoms with Gasteiger partial charge in [0.05, 0.1) is 11.0 Å². The van der Waals surface area contributed by atoms with Crippen LogP contribution in [-0.2, 0) is 0 Å². The van der Waals surface area contributed by atoms with Crippen LogP contribution in [0.25, 0.3) is 0 Å². The van der Waals surface area contributed by atoms with Gasteiger partial charge >= 0.3 is 0 Å². The minimum absolute atomic E-state index is 0.0835. The maximum Gasteiger partial charge on any atom is 0.295 e. The first-order valence-corrected chi connectivity index (χ1v) is 6.69. The minimum atomic E-state index is -0.533. The maximum atomic E-state index is 11.2. The largest absolute Gasteiger partial charge is 0.389 e. The molecule has 0 radical (unpaired) electrons. The van der Waals surface area contributed by atoms with Crippen molar-refractivity contribution in [1.82, 2.24) is 0 Å². The maximum absolute atomic E-state index is 11.2. The summed E-state index contributed by atoms with van der Waals surface area (Å²) in [4.78, 5) is 10.8. The third-order valence-electron chi connectivity index (χ3n) is 3.30. The van der Waals surface area contributed by atoms with Crippen LogP contribution >= 0.6 is 0 Å². The second kappa shape index (κ2) is 5.93. The number of anilines is 2. The molecule has 0 saturated carbocycles. The van der Waals surface area contributed by atoms with E-state index in [1.807, 2.05) is 6.92 Å². The van der Waals surface area contributed by atoms with Crippen molar-refractivity contribution in [1.29, 1.82) is 0 Å². The van der Waals surface area contributed by atoms with E-state index >= 15 is 0 Å². The molecule has 1 unspecified atom stereocenters. The zero-order valence-electron chi connectivity index (χ0n) is 12.3. The Bertz CT molecular complexity index is 664. The van der Waals surface area contributed by atoms with Gasteiger partial charge in [-0.05, 0) is 56.2 Å². The van der Waals surface area contributed by atoms with E-state index in [-0.39, 0.29) is 10.6 Å². The average molecular weight is 286 g/mol. The van der Waals surface area contributed by atoms with Gasteiger partial charge in [-0.3, -0.25) is 10.1 Å². The smallest absolute Gasteiger partial charge is 0.295 e. The van der Waals surface area contributed by atoms with Crippen LogP contribution in [-0.4, -0.2) is 10.0 Å². The third-order valence-corrected chi connectivity index (χ3v) is 3.30. The van der Waals surface area contributed by atoms with Gasteiger partial charge in [0, 0.05) is 11.3 Å². The summed E-state index contributed by atoms with van der Waals surface area (Å²) < 4.78 is 0. The molecule has 1 atom stereocenters. The van der Waals surface area contributed by atoms with Crippen LogP contribution in [0.3, 0.4) is 0 Å². The van der Waals surface area contributed by atoms with Crippen molar-refractivity contribution in [2.24, 2.45) is 0 Å². The summed E-state index contributed by atoms with van der Waals surface area (Å²) in [6.07, 6.45) is -0.533. The predicted octanol–water partition coefficient (Wildman–Crippen LogP) is 4.01. The van der Waals surface area contributed by atoms with E-state index in [0.717, 1.165) is 16.8 Å². The summed E-state index contributed by atoms with van der Waals surface area (Å²) in [5.41, 5.74) is 3.69. The number of aliphatic hydroxyl groups excluding tert-OH is 1. The Morgan fingerprint density at radius 3 is 2.33 bits per heavy atom. The molecule has 0 aliphatic rings. The lowest BCUT2D eigenvalue weighted by molar-refractivity contribution is -0.384. The van der Waals surface area contributed by atoms with Gasteiger partial charge in [-0.2, -0.15) is 0 Å². The second-order valence-corrected chi connectivity index (χ2v) is 5.16. The first-order chi connectivity index (χ1) is 9.88. The summed E-state index contributed by atoms with van der Waals surface area (Å²) in [7, 11) is 0. The quantitative estimate of drug-likeness (QED) is 0.657. The van der Waals surface area contributed by atoms with Crippen molar-refractivity contribution >= 4 is 17.1 Å². The van der Waals surface area contributed by atoms with Crippen LogP contribution < -0.4 is 5.32 Å². The third kappa shape index (κ3) is 3.38. The van der Waals surface area contributed by atoms with E-state index in [1.54, 1.807) is 50.2 Å². The molecule has 21 heavy (non-hydrogen) atoms. The molecule has 0 aliphatic carbocycles. The molecule has 0 aliphatic heterocycles. The van der Waals surface area contributed by atoms with Gasteiger partial charge in [0.1, 0.15) is 5.69 Å². The number of nitro benzene ring substituents is 1. The van der Waals surface area contributed by atoms with Gasteiger partial charge in [-0.15, -0.1) is 0 Å². The first-order valence-electron chi connectivity index (χ1n) is 6.69. The van der Waals surface area contributed by atoms with E-state index in [4.69, 9.17) is 0 Å². The van der Waals surface area contributed by atoms with Gasteiger partial charge in [-0.25, -0.2) is 0 Å². The number of nitro groups is 1. The Morgan fingerprint density at radius 2 is 1.81 bits per heavy atom. The van der Waals surface area contributed by atoms with E-state index in [9.17, 15) is 15.2 Å². The molecule has 0 bridgehead atoms. The van der Waals surface area contributed by atoms with Crippen molar-refractivity contribution in [2.45, 2.75) is 26.9 Å². The van der Waals surface area contributed by atoms with E-state index < -0.39 is 6.10 Å². The van der Waals surface area contributed by atoms with Gasteiger partial charge < -0.3 is 10.4 Å². The molecule has 0 spiro atoms. The molecular formula is C16H18N2O3. The van der Waals surface area contributed by atoms with Crippen LogP contribution in [0, 0.1) is 24.0 Å². The minimum Gasteiger partial charge on any atom is -0.389 e. The number of nitrogens with zero attached hydrogens (tertiary/aromatic N) is 1. The Balaban J connectivity index is 2.37. The number of rotatable bonds is 4. The standard InChI is InChI=1S/C16H18N2O3/c1-10-8-11(2)16(18(20)21)15(9-10)17-14-6-4-13(5-7-14)12(3)19/h4-9,12,17,19H,1-3H3. The summed E-state index contributed by atoms with van der Waals surface area (Å²) >= 11 is 0. The summed E-state index contributed by atoms with van der Waals surface area (Å²) in [6.45, 7) is 5.32. The van der Waals surface area contributed by atoms with Gasteiger partial charge in [0.15, 0.2) is 0 Å². The van der Waals surface area contributed by atoms with Gasteiger partial charge in [0.2, 0.25) is 0 Å². The Labute approximate surface area is 123 Å². The summed E-state index contributed by atoms with van der Waals surface area (Å²) in [5, 5.41) is 23.8. The topological polar surface area (TPSA) is 75.4 Å². The van der Waals surface area contributed by atoms with Gasteiger partial charge in [0.25, 0.3) is 5.69 Å². The number of aliphatic hydroxyl groups is 1. The van der Waals surface area contributed by atoms with E-state index in [0.29, 0.717) is 11.3 Å². The highest BCUT2D eigenvalue weighted by atomic mass is 16.6. The molecular weight excluding hydrogens is 268 g/mol. The van der Waals surface area contributed by atoms with Crippen molar-refractivity contribution in [3.8, 4) is 0 Å². The van der Waals surface area contributed by atoms with E-state index in [1.165, 1.54) is 0 Å². The molecule has 2 aromatic rings. The van der Waals surface area contributed by atoms with Crippen LogP contribution in [0.15, 0.2) is 36.4 Å². The predicted molar refractivity (Wildman–Crippen MR) is 82.9 cm³/mol. The monoisotopic (exact) mass is 286 g/mol. The number of hydrogen-bond donors (Lipinski definition) is 2. The van der Waals surface area contributed by atoms with Crippen molar-refractivity contribution in [3.05, 3.63) is 63.2 Å². The fourth-order valence-corrected chi connectivity index (χ4v) is 2.30. The number of hydrogen-bond acceptors (Lipinski definition) is 4. The van der Waals surface area contributed by atoms with Crippen LogP contribution in [0.4, 0.5) is 17.1 Å². The molecule has 0 fully saturated rings. The number of nitrogens with one attached hydrogen (secondary N) is 1. The molecule has 2 rings (SSSR count). The molecule has 110 valence electrons. The van der Waals surface area contributed by atoms with Gasteiger partial charge in [-0.1, -0.05) is 12.1 Å². The fourth-order valence-electron chi connectivity index (χ4n) is 2.30. The van der Waals surface area contributed by atoms with Crippen LogP contribution in [0.2, 0.25) is 0 Å². The second-order valence-electron chi connectivity index (χ2n) is 5.16. The first kappa shape index (κ1) is 15.0. The highest BCUT2D eigenvalue weighted by molar-refractivity contribution is 5.72. The van der Waals surface area contributed by atoms with E-state index in [2.05, 4.69) is 5.32 Å². The number of benzene rings is 2. The number of aryl methyl sites for hydroxylation is 2. The Hall–Kier alpha value is -2.40. The summed E-state index contributed by atoms with van der Waals surface area (Å²) in [6, 6.07) is 10.7. The fraction of sp³-hybridized carbons (Fsp3) is 0.250. The lowest BCUT2D eigenvalue weighted by Gasteiger charge is -2.11. The Morgan fingerprint density at radius 1 is 1.19 bits per heavy atom. The zero-order valence-corrected chi connectivity index (χ0v) is 12.3. The lowest BCUT2D eigenvalue weighted by Crippen LogP contribution is -2.00. The molecule has 0 saturated heterocycles. The highest BCUT2D eigenvalue weighted by Crippen LogP contribution is 2.32.